The number of imidazole rings is 1. The van der Waals surface area contributed by atoms with Crippen molar-refractivity contribution in [1.82, 2.24) is 14.9 Å². The smallest absolute Gasteiger partial charge is 0.105 e. The van der Waals surface area contributed by atoms with E-state index in [0.717, 1.165) is 25.3 Å². The van der Waals surface area contributed by atoms with E-state index in [1.807, 2.05) is 19.3 Å². The molecular formula is C10H19N3. The van der Waals surface area contributed by atoms with E-state index in [4.69, 9.17) is 0 Å². The zero-order valence-electron chi connectivity index (χ0n) is 8.75. The van der Waals surface area contributed by atoms with Crippen LogP contribution in [0.15, 0.2) is 12.4 Å². The molecule has 0 bridgehead atoms. The minimum Gasteiger partial charge on any atom is -0.332 e. The fraction of sp³-hybridized carbons (Fsp3) is 0.700. The predicted molar refractivity (Wildman–Crippen MR) is 54.8 cm³/mol. The van der Waals surface area contributed by atoms with Crippen LogP contribution in [-0.2, 0) is 0 Å². The topological polar surface area (TPSA) is 29.9 Å². The van der Waals surface area contributed by atoms with Gasteiger partial charge in [0.05, 0.1) is 0 Å². The van der Waals surface area contributed by atoms with Crippen molar-refractivity contribution in [2.24, 2.45) is 0 Å². The van der Waals surface area contributed by atoms with Gasteiger partial charge in [0.25, 0.3) is 0 Å². The molecule has 1 N–H and O–H groups in total. The molecular weight excluding hydrogens is 162 g/mol. The van der Waals surface area contributed by atoms with E-state index < -0.39 is 0 Å². The third-order valence-corrected chi connectivity index (χ3v) is 2.33. The highest BCUT2D eigenvalue weighted by Gasteiger charge is 2.05. The molecule has 0 aliphatic heterocycles. The molecule has 0 spiro atoms. The van der Waals surface area contributed by atoms with Crippen molar-refractivity contribution < 1.29 is 0 Å². The lowest BCUT2D eigenvalue weighted by Crippen LogP contribution is -2.18. The Morgan fingerprint density at radius 1 is 1.62 bits per heavy atom. The summed E-state index contributed by atoms with van der Waals surface area (Å²) in [6.45, 7) is 8.54. The van der Waals surface area contributed by atoms with Gasteiger partial charge in [0.2, 0.25) is 0 Å². The first kappa shape index (κ1) is 10.3. The number of aromatic nitrogens is 2. The standard InChI is InChI=1S/C10H19N3/c1-4-11-6-5-9(2)13-8-7-12-10(13)3/h7-9,11H,4-6H2,1-3H3. The molecule has 0 aliphatic carbocycles. The average Bonchev–Trinajstić information content (AvgIpc) is 2.52. The first-order chi connectivity index (χ1) is 6.25. The molecule has 3 heteroatoms. The van der Waals surface area contributed by atoms with Gasteiger partial charge in [-0.15, -0.1) is 0 Å². The Hall–Kier alpha value is -0.830. The SMILES string of the molecule is CCNCCC(C)n1ccnc1C. The minimum absolute atomic E-state index is 0.543. The quantitative estimate of drug-likeness (QED) is 0.701. The van der Waals surface area contributed by atoms with Crippen LogP contribution in [0.5, 0.6) is 0 Å². The molecule has 0 amide bonds. The summed E-state index contributed by atoms with van der Waals surface area (Å²) >= 11 is 0. The second kappa shape index (κ2) is 5.02. The molecule has 3 nitrogen and oxygen atoms in total. The molecule has 0 saturated carbocycles. The summed E-state index contributed by atoms with van der Waals surface area (Å²) in [6.07, 6.45) is 5.07. The molecule has 1 aromatic heterocycles. The van der Waals surface area contributed by atoms with Gasteiger partial charge < -0.3 is 9.88 Å². The van der Waals surface area contributed by atoms with Gasteiger partial charge in [0, 0.05) is 18.4 Å². The Kier molecular flexibility index (Phi) is 3.96. The van der Waals surface area contributed by atoms with Gasteiger partial charge in [-0.2, -0.15) is 0 Å². The van der Waals surface area contributed by atoms with E-state index in [9.17, 15) is 0 Å². The van der Waals surface area contributed by atoms with Crippen LogP contribution in [0, 0.1) is 6.92 Å². The van der Waals surface area contributed by atoms with Crippen LogP contribution in [0.2, 0.25) is 0 Å². The molecule has 74 valence electrons. The van der Waals surface area contributed by atoms with Crippen LogP contribution in [-0.4, -0.2) is 22.6 Å². The van der Waals surface area contributed by atoms with Crippen LogP contribution in [0.25, 0.3) is 0 Å². The fourth-order valence-corrected chi connectivity index (χ4v) is 1.48. The maximum Gasteiger partial charge on any atom is 0.105 e. The monoisotopic (exact) mass is 181 g/mol. The van der Waals surface area contributed by atoms with Gasteiger partial charge >= 0.3 is 0 Å². The van der Waals surface area contributed by atoms with Crippen molar-refractivity contribution >= 4 is 0 Å². The van der Waals surface area contributed by atoms with Crippen LogP contribution in [0.3, 0.4) is 0 Å². The normalized spacial score (nSPS) is 13.2. The molecule has 0 fully saturated rings. The lowest BCUT2D eigenvalue weighted by molar-refractivity contribution is 0.478. The van der Waals surface area contributed by atoms with E-state index in [1.165, 1.54) is 0 Å². The summed E-state index contributed by atoms with van der Waals surface area (Å²) in [6, 6.07) is 0.543. The first-order valence-corrected chi connectivity index (χ1v) is 4.95. The number of nitrogens with zero attached hydrogens (tertiary/aromatic N) is 2. The summed E-state index contributed by atoms with van der Waals surface area (Å²) in [5, 5.41) is 3.33. The van der Waals surface area contributed by atoms with Gasteiger partial charge in [-0.3, -0.25) is 0 Å². The average molecular weight is 181 g/mol. The highest BCUT2D eigenvalue weighted by atomic mass is 15.1. The van der Waals surface area contributed by atoms with Crippen molar-refractivity contribution in [2.45, 2.75) is 33.2 Å². The molecule has 1 rings (SSSR count). The molecule has 13 heavy (non-hydrogen) atoms. The molecule has 0 radical (unpaired) electrons. The maximum absolute atomic E-state index is 4.21. The maximum atomic E-state index is 4.21. The lowest BCUT2D eigenvalue weighted by atomic mass is 10.2. The first-order valence-electron chi connectivity index (χ1n) is 4.95. The van der Waals surface area contributed by atoms with E-state index in [1.54, 1.807) is 0 Å². The number of rotatable bonds is 5. The zero-order chi connectivity index (χ0) is 9.68. The van der Waals surface area contributed by atoms with E-state index in [2.05, 4.69) is 28.7 Å². The number of hydrogen-bond donors (Lipinski definition) is 1. The summed E-state index contributed by atoms with van der Waals surface area (Å²) in [7, 11) is 0. The number of aryl methyl sites for hydroxylation is 1. The molecule has 0 aromatic carbocycles. The highest BCUT2D eigenvalue weighted by molar-refractivity contribution is 4.91. The van der Waals surface area contributed by atoms with Crippen molar-refractivity contribution in [1.29, 1.82) is 0 Å². The van der Waals surface area contributed by atoms with Crippen molar-refractivity contribution in [3.8, 4) is 0 Å². The Balaban J connectivity index is 2.39. The second-order valence-corrected chi connectivity index (χ2v) is 3.37. The number of nitrogens with one attached hydrogen (secondary N) is 1. The van der Waals surface area contributed by atoms with E-state index >= 15 is 0 Å². The molecule has 1 atom stereocenters. The van der Waals surface area contributed by atoms with Crippen LogP contribution >= 0.6 is 0 Å². The Morgan fingerprint density at radius 2 is 2.38 bits per heavy atom. The zero-order valence-corrected chi connectivity index (χ0v) is 8.75. The van der Waals surface area contributed by atoms with Crippen LogP contribution in [0.1, 0.15) is 32.1 Å². The molecule has 0 saturated heterocycles. The second-order valence-electron chi connectivity index (χ2n) is 3.37. The minimum atomic E-state index is 0.543. The molecule has 1 unspecified atom stereocenters. The van der Waals surface area contributed by atoms with Crippen molar-refractivity contribution in [3.63, 3.8) is 0 Å². The summed E-state index contributed by atoms with van der Waals surface area (Å²) < 4.78 is 2.22. The third-order valence-electron chi connectivity index (χ3n) is 2.33. The number of hydrogen-bond acceptors (Lipinski definition) is 2. The largest absolute Gasteiger partial charge is 0.332 e. The Bertz CT molecular complexity index is 242. The fourth-order valence-electron chi connectivity index (χ4n) is 1.48. The summed E-state index contributed by atoms with van der Waals surface area (Å²) in [5.74, 6) is 1.10. The van der Waals surface area contributed by atoms with Crippen LogP contribution in [0.4, 0.5) is 0 Å². The third kappa shape index (κ3) is 2.84. The van der Waals surface area contributed by atoms with Gasteiger partial charge in [0.15, 0.2) is 0 Å². The Labute approximate surface area is 80.2 Å². The predicted octanol–water partition coefficient (Wildman–Crippen LogP) is 1.75. The molecule has 1 aromatic rings. The van der Waals surface area contributed by atoms with E-state index in [0.29, 0.717) is 6.04 Å². The Morgan fingerprint density at radius 3 is 2.92 bits per heavy atom. The van der Waals surface area contributed by atoms with Gasteiger partial charge in [0.1, 0.15) is 5.82 Å². The van der Waals surface area contributed by atoms with Gasteiger partial charge in [-0.05, 0) is 33.4 Å². The van der Waals surface area contributed by atoms with Crippen molar-refractivity contribution in [2.75, 3.05) is 13.1 Å². The molecule has 0 aliphatic rings. The van der Waals surface area contributed by atoms with Gasteiger partial charge in [-0.25, -0.2) is 4.98 Å². The van der Waals surface area contributed by atoms with Crippen LogP contribution < -0.4 is 5.32 Å². The van der Waals surface area contributed by atoms with E-state index in [-0.39, 0.29) is 0 Å². The highest BCUT2D eigenvalue weighted by Crippen LogP contribution is 2.11. The summed E-state index contributed by atoms with van der Waals surface area (Å²) in [4.78, 5) is 4.21. The lowest BCUT2D eigenvalue weighted by Gasteiger charge is -2.14. The molecule has 1 heterocycles. The van der Waals surface area contributed by atoms with Gasteiger partial charge in [-0.1, -0.05) is 6.92 Å². The summed E-state index contributed by atoms with van der Waals surface area (Å²) in [5.41, 5.74) is 0. The van der Waals surface area contributed by atoms with Crippen molar-refractivity contribution in [3.05, 3.63) is 18.2 Å².